The van der Waals surface area contributed by atoms with Crippen molar-refractivity contribution in [2.75, 3.05) is 44.8 Å². The SMILES string of the molecule is Cc1cccc(CNC(=O)C2COCCN(C(=O)c3ccc4c(n3)N(C)CC4)C2)c1C. The van der Waals surface area contributed by atoms with Gasteiger partial charge in [-0.05, 0) is 48.6 Å². The van der Waals surface area contributed by atoms with Crippen molar-refractivity contribution in [3.63, 3.8) is 0 Å². The smallest absolute Gasteiger partial charge is 0.272 e. The molecule has 3 heterocycles. The minimum absolute atomic E-state index is 0.0951. The Morgan fingerprint density at radius 1 is 1.19 bits per heavy atom. The van der Waals surface area contributed by atoms with Crippen molar-refractivity contribution in [2.45, 2.75) is 26.8 Å². The van der Waals surface area contributed by atoms with E-state index >= 15 is 0 Å². The van der Waals surface area contributed by atoms with Gasteiger partial charge in [-0.15, -0.1) is 0 Å². The number of fused-ring (bicyclic) bond motifs is 1. The summed E-state index contributed by atoms with van der Waals surface area (Å²) >= 11 is 0. The van der Waals surface area contributed by atoms with Crippen LogP contribution >= 0.6 is 0 Å². The predicted molar refractivity (Wildman–Crippen MR) is 119 cm³/mol. The molecule has 0 radical (unpaired) electrons. The van der Waals surface area contributed by atoms with Crippen LogP contribution in [0.4, 0.5) is 5.82 Å². The molecule has 1 atom stereocenters. The summed E-state index contributed by atoms with van der Waals surface area (Å²) in [4.78, 5) is 34.4. The van der Waals surface area contributed by atoms with E-state index in [1.807, 2.05) is 25.2 Å². The molecular formula is C24H30N4O3. The summed E-state index contributed by atoms with van der Waals surface area (Å²) in [6.07, 6.45) is 0.952. The van der Waals surface area contributed by atoms with Crippen molar-refractivity contribution >= 4 is 17.6 Å². The maximum absolute atomic E-state index is 13.1. The zero-order valence-corrected chi connectivity index (χ0v) is 18.5. The molecule has 7 heteroatoms. The second-order valence-corrected chi connectivity index (χ2v) is 8.45. The van der Waals surface area contributed by atoms with Crippen LogP contribution in [0.25, 0.3) is 0 Å². The van der Waals surface area contributed by atoms with Crippen LogP contribution in [-0.4, -0.2) is 61.6 Å². The van der Waals surface area contributed by atoms with Crippen molar-refractivity contribution in [3.8, 4) is 0 Å². The first-order valence-electron chi connectivity index (χ1n) is 10.8. The van der Waals surface area contributed by atoms with Crippen LogP contribution in [0, 0.1) is 19.8 Å². The fourth-order valence-corrected chi connectivity index (χ4v) is 4.16. The van der Waals surface area contributed by atoms with Crippen molar-refractivity contribution < 1.29 is 14.3 Å². The highest BCUT2D eigenvalue weighted by Crippen LogP contribution is 2.25. The minimum atomic E-state index is -0.409. The van der Waals surface area contributed by atoms with Crippen LogP contribution < -0.4 is 10.2 Å². The predicted octanol–water partition coefficient (Wildman–Crippen LogP) is 2.10. The summed E-state index contributed by atoms with van der Waals surface area (Å²) in [5.74, 6) is 0.219. The Morgan fingerprint density at radius 2 is 2.03 bits per heavy atom. The molecule has 2 aromatic rings. The Hall–Kier alpha value is -2.93. The summed E-state index contributed by atoms with van der Waals surface area (Å²) in [6, 6.07) is 9.87. The third-order valence-electron chi connectivity index (χ3n) is 6.35. The number of rotatable bonds is 4. The van der Waals surface area contributed by atoms with E-state index in [9.17, 15) is 9.59 Å². The Balaban J connectivity index is 1.42. The number of amides is 2. The topological polar surface area (TPSA) is 74.8 Å². The van der Waals surface area contributed by atoms with Crippen LogP contribution in [0.1, 0.15) is 32.7 Å². The van der Waals surface area contributed by atoms with Gasteiger partial charge in [-0.25, -0.2) is 4.98 Å². The van der Waals surface area contributed by atoms with Crippen molar-refractivity contribution in [1.29, 1.82) is 0 Å². The summed E-state index contributed by atoms with van der Waals surface area (Å²) in [5, 5.41) is 3.02. The second kappa shape index (κ2) is 9.06. The number of nitrogens with one attached hydrogen (secondary N) is 1. The Kier molecular flexibility index (Phi) is 6.23. The van der Waals surface area contributed by atoms with Gasteiger partial charge in [0, 0.05) is 33.2 Å². The molecule has 2 aliphatic heterocycles. The monoisotopic (exact) mass is 422 g/mol. The van der Waals surface area contributed by atoms with Crippen LogP contribution in [0.2, 0.25) is 0 Å². The van der Waals surface area contributed by atoms with Gasteiger partial charge in [-0.2, -0.15) is 0 Å². The number of pyridine rings is 1. The molecule has 31 heavy (non-hydrogen) atoms. The average Bonchev–Trinajstić information content (AvgIpc) is 2.98. The third-order valence-corrected chi connectivity index (χ3v) is 6.35. The van der Waals surface area contributed by atoms with Gasteiger partial charge in [0.05, 0.1) is 19.1 Å². The van der Waals surface area contributed by atoms with E-state index in [1.54, 1.807) is 11.0 Å². The van der Waals surface area contributed by atoms with Gasteiger partial charge in [-0.3, -0.25) is 9.59 Å². The fourth-order valence-electron chi connectivity index (χ4n) is 4.16. The molecule has 1 aromatic carbocycles. The van der Waals surface area contributed by atoms with Gasteiger partial charge in [0.15, 0.2) is 0 Å². The van der Waals surface area contributed by atoms with E-state index in [2.05, 4.69) is 35.1 Å². The molecule has 2 amide bonds. The molecule has 1 aromatic heterocycles. The van der Waals surface area contributed by atoms with E-state index in [-0.39, 0.29) is 11.8 Å². The van der Waals surface area contributed by atoms with Crippen molar-refractivity contribution in [2.24, 2.45) is 5.92 Å². The number of aryl methyl sites for hydroxylation is 1. The van der Waals surface area contributed by atoms with Gasteiger partial charge in [0.2, 0.25) is 5.91 Å². The van der Waals surface area contributed by atoms with E-state index in [0.717, 1.165) is 24.3 Å². The Labute approximate surface area is 183 Å². The molecule has 0 saturated carbocycles. The lowest BCUT2D eigenvalue weighted by molar-refractivity contribution is -0.126. The maximum Gasteiger partial charge on any atom is 0.272 e. The zero-order valence-electron chi connectivity index (χ0n) is 18.5. The standard InChI is InChI=1S/C24H30N4O3/c1-16-5-4-6-19(17(16)2)13-25-23(29)20-14-28(11-12-31-15-20)24(30)21-8-7-18-9-10-27(3)22(18)26-21/h4-8,20H,9-15H2,1-3H3,(H,25,29). The summed E-state index contributed by atoms with van der Waals surface area (Å²) in [6.45, 7) is 7.01. The van der Waals surface area contributed by atoms with Gasteiger partial charge in [-0.1, -0.05) is 24.3 Å². The van der Waals surface area contributed by atoms with Gasteiger partial charge in [0.1, 0.15) is 11.5 Å². The molecule has 0 aliphatic carbocycles. The lowest BCUT2D eigenvalue weighted by Crippen LogP contribution is -2.42. The highest BCUT2D eigenvalue weighted by molar-refractivity contribution is 5.93. The second-order valence-electron chi connectivity index (χ2n) is 8.45. The fraction of sp³-hybridized carbons (Fsp3) is 0.458. The number of benzene rings is 1. The molecule has 164 valence electrons. The van der Waals surface area contributed by atoms with Crippen LogP contribution in [0.3, 0.4) is 0 Å². The molecular weight excluding hydrogens is 392 g/mol. The number of likely N-dealkylation sites (N-methyl/N-ethyl adjacent to an activating group) is 1. The van der Waals surface area contributed by atoms with Gasteiger partial charge in [0.25, 0.3) is 5.91 Å². The Bertz CT molecular complexity index is 991. The number of hydrogen-bond donors (Lipinski definition) is 1. The molecule has 1 N–H and O–H groups in total. The zero-order chi connectivity index (χ0) is 22.0. The maximum atomic E-state index is 13.1. The van der Waals surface area contributed by atoms with Crippen LogP contribution in [0.5, 0.6) is 0 Å². The summed E-state index contributed by atoms with van der Waals surface area (Å²) < 4.78 is 5.65. The van der Waals surface area contributed by atoms with E-state index in [0.29, 0.717) is 38.5 Å². The molecule has 1 fully saturated rings. The van der Waals surface area contributed by atoms with Gasteiger partial charge >= 0.3 is 0 Å². The number of carbonyl (C=O) groups is 2. The number of aromatic nitrogens is 1. The molecule has 0 bridgehead atoms. The number of nitrogens with zero attached hydrogens (tertiary/aromatic N) is 3. The number of carbonyl (C=O) groups excluding carboxylic acids is 2. The average molecular weight is 423 g/mol. The van der Waals surface area contributed by atoms with Crippen molar-refractivity contribution in [1.82, 2.24) is 15.2 Å². The lowest BCUT2D eigenvalue weighted by atomic mass is 10.0. The molecule has 0 spiro atoms. The van der Waals surface area contributed by atoms with E-state index < -0.39 is 5.92 Å². The largest absolute Gasteiger partial charge is 0.379 e. The minimum Gasteiger partial charge on any atom is -0.379 e. The summed E-state index contributed by atoms with van der Waals surface area (Å²) in [7, 11) is 1.99. The van der Waals surface area contributed by atoms with E-state index in [4.69, 9.17) is 4.74 Å². The van der Waals surface area contributed by atoms with Crippen LogP contribution in [0.15, 0.2) is 30.3 Å². The first-order chi connectivity index (χ1) is 14.9. The van der Waals surface area contributed by atoms with Gasteiger partial charge < -0.3 is 19.9 Å². The quantitative estimate of drug-likeness (QED) is 0.817. The Morgan fingerprint density at radius 3 is 2.87 bits per heavy atom. The first kappa shape index (κ1) is 21.3. The number of anilines is 1. The molecule has 1 saturated heterocycles. The van der Waals surface area contributed by atoms with Crippen molar-refractivity contribution in [3.05, 3.63) is 58.3 Å². The number of hydrogen-bond acceptors (Lipinski definition) is 5. The third kappa shape index (κ3) is 4.56. The normalized spacial score (nSPS) is 18.5. The molecule has 2 aliphatic rings. The lowest BCUT2D eigenvalue weighted by Gasteiger charge is -2.23. The highest BCUT2D eigenvalue weighted by atomic mass is 16.5. The van der Waals surface area contributed by atoms with Crippen LogP contribution in [-0.2, 0) is 22.5 Å². The summed E-state index contributed by atoms with van der Waals surface area (Å²) in [5.41, 5.74) is 5.08. The number of ether oxygens (including phenoxy) is 1. The van der Waals surface area contributed by atoms with E-state index in [1.165, 1.54) is 16.7 Å². The molecule has 7 nitrogen and oxygen atoms in total. The first-order valence-corrected chi connectivity index (χ1v) is 10.8. The molecule has 1 unspecified atom stereocenters. The highest BCUT2D eigenvalue weighted by Gasteiger charge is 2.29. The molecule has 4 rings (SSSR count).